The Morgan fingerprint density at radius 3 is 2.44 bits per heavy atom. The van der Waals surface area contributed by atoms with E-state index in [2.05, 4.69) is 43.2 Å². The van der Waals surface area contributed by atoms with Crippen LogP contribution in [-0.2, 0) is 5.41 Å². The van der Waals surface area contributed by atoms with Crippen LogP contribution >= 0.6 is 0 Å². The summed E-state index contributed by atoms with van der Waals surface area (Å²) in [5, 5.41) is 3.42. The molecule has 1 aromatic heterocycles. The van der Waals surface area contributed by atoms with E-state index in [1.807, 2.05) is 6.20 Å². The number of anilines is 1. The van der Waals surface area contributed by atoms with Crippen LogP contribution in [0.3, 0.4) is 0 Å². The summed E-state index contributed by atoms with van der Waals surface area (Å²) in [6.45, 7) is 7.27. The van der Waals surface area contributed by atoms with Gasteiger partial charge in [-0.2, -0.15) is 0 Å². The number of pyridine rings is 1. The molecule has 3 heteroatoms. The molecule has 1 fully saturated rings. The topological polar surface area (TPSA) is 50.9 Å². The van der Waals surface area contributed by atoms with Gasteiger partial charge in [0.2, 0.25) is 0 Å². The van der Waals surface area contributed by atoms with E-state index in [0.717, 1.165) is 18.7 Å². The molecule has 0 saturated heterocycles. The van der Waals surface area contributed by atoms with Gasteiger partial charge in [-0.15, -0.1) is 0 Å². The lowest BCUT2D eigenvalue weighted by molar-refractivity contribution is 0.587. The maximum atomic E-state index is 5.73. The molecule has 88 valence electrons. The maximum absolute atomic E-state index is 5.73. The van der Waals surface area contributed by atoms with Gasteiger partial charge in [0.15, 0.2) is 0 Å². The summed E-state index contributed by atoms with van der Waals surface area (Å²) in [5.74, 6) is 0.941. The average Bonchev–Trinajstić information content (AvgIpc) is 2.98. The first-order valence-electron chi connectivity index (χ1n) is 5.90. The van der Waals surface area contributed by atoms with E-state index in [0.29, 0.717) is 6.54 Å². The number of aromatic nitrogens is 1. The number of nitrogens with two attached hydrogens (primary N) is 1. The molecule has 0 amide bonds. The smallest absolute Gasteiger partial charge is 0.126 e. The Hall–Kier alpha value is -1.09. The predicted molar refractivity (Wildman–Crippen MR) is 67.6 cm³/mol. The van der Waals surface area contributed by atoms with Crippen molar-refractivity contribution < 1.29 is 0 Å². The van der Waals surface area contributed by atoms with Gasteiger partial charge in [-0.25, -0.2) is 4.98 Å². The molecule has 1 heterocycles. The van der Waals surface area contributed by atoms with Crippen molar-refractivity contribution in [3.8, 4) is 0 Å². The fourth-order valence-corrected chi connectivity index (χ4v) is 1.71. The SMILES string of the molecule is CC(C)(C)c1ccc(NC2(CN)CC2)nc1. The third-order valence-electron chi connectivity index (χ3n) is 3.27. The van der Waals surface area contributed by atoms with Crippen LogP contribution in [-0.4, -0.2) is 17.1 Å². The molecule has 0 radical (unpaired) electrons. The van der Waals surface area contributed by atoms with Crippen molar-refractivity contribution in [1.29, 1.82) is 0 Å². The minimum absolute atomic E-state index is 0.135. The van der Waals surface area contributed by atoms with Crippen LogP contribution in [0.4, 0.5) is 5.82 Å². The third-order valence-corrected chi connectivity index (χ3v) is 3.27. The molecule has 0 atom stereocenters. The van der Waals surface area contributed by atoms with Gasteiger partial charge in [0.05, 0.1) is 5.54 Å². The number of nitrogens with one attached hydrogen (secondary N) is 1. The van der Waals surface area contributed by atoms with Gasteiger partial charge >= 0.3 is 0 Å². The Bertz CT molecular complexity index is 358. The molecule has 3 nitrogen and oxygen atoms in total. The fourth-order valence-electron chi connectivity index (χ4n) is 1.71. The molecule has 2 rings (SSSR count). The molecule has 1 saturated carbocycles. The molecule has 1 aliphatic carbocycles. The first kappa shape index (κ1) is 11.4. The first-order chi connectivity index (χ1) is 7.45. The van der Waals surface area contributed by atoms with Gasteiger partial charge < -0.3 is 11.1 Å². The molecule has 3 N–H and O–H groups in total. The highest BCUT2D eigenvalue weighted by Gasteiger charge is 2.41. The van der Waals surface area contributed by atoms with Crippen molar-refractivity contribution in [3.05, 3.63) is 23.9 Å². The highest BCUT2D eigenvalue weighted by atomic mass is 15.1. The van der Waals surface area contributed by atoms with E-state index in [9.17, 15) is 0 Å². The second-order valence-corrected chi connectivity index (χ2v) is 5.79. The van der Waals surface area contributed by atoms with Gasteiger partial charge in [-0.05, 0) is 29.9 Å². The van der Waals surface area contributed by atoms with E-state index < -0.39 is 0 Å². The van der Waals surface area contributed by atoms with E-state index in [1.54, 1.807) is 0 Å². The summed E-state index contributed by atoms with van der Waals surface area (Å²) in [5.41, 5.74) is 7.28. The van der Waals surface area contributed by atoms with E-state index in [4.69, 9.17) is 5.73 Å². The van der Waals surface area contributed by atoms with Crippen molar-refractivity contribution in [2.75, 3.05) is 11.9 Å². The Morgan fingerprint density at radius 1 is 1.38 bits per heavy atom. The van der Waals surface area contributed by atoms with E-state index in [-0.39, 0.29) is 11.0 Å². The van der Waals surface area contributed by atoms with Gasteiger partial charge in [0, 0.05) is 12.7 Å². The maximum Gasteiger partial charge on any atom is 0.126 e. The highest BCUT2D eigenvalue weighted by Crippen LogP contribution is 2.37. The van der Waals surface area contributed by atoms with Crippen LogP contribution in [0.2, 0.25) is 0 Å². The van der Waals surface area contributed by atoms with Crippen LogP contribution in [0.1, 0.15) is 39.2 Å². The highest BCUT2D eigenvalue weighted by molar-refractivity contribution is 5.42. The Balaban J connectivity index is 2.08. The average molecular weight is 219 g/mol. The molecule has 0 aliphatic heterocycles. The fraction of sp³-hybridized carbons (Fsp3) is 0.615. The minimum Gasteiger partial charge on any atom is -0.363 e. The van der Waals surface area contributed by atoms with Crippen LogP contribution in [0.15, 0.2) is 18.3 Å². The number of hydrogen-bond acceptors (Lipinski definition) is 3. The lowest BCUT2D eigenvalue weighted by atomic mass is 9.88. The number of hydrogen-bond donors (Lipinski definition) is 2. The number of nitrogens with zero attached hydrogens (tertiary/aromatic N) is 1. The lowest BCUT2D eigenvalue weighted by Gasteiger charge is -2.20. The van der Waals surface area contributed by atoms with Gasteiger partial charge in [-0.1, -0.05) is 26.8 Å². The van der Waals surface area contributed by atoms with Gasteiger partial charge in [0.1, 0.15) is 5.82 Å². The molecule has 16 heavy (non-hydrogen) atoms. The van der Waals surface area contributed by atoms with E-state index >= 15 is 0 Å². The summed E-state index contributed by atoms with van der Waals surface area (Å²) in [6.07, 6.45) is 4.27. The summed E-state index contributed by atoms with van der Waals surface area (Å²) >= 11 is 0. The molecular formula is C13H21N3. The molecular weight excluding hydrogens is 198 g/mol. The standard InChI is InChI=1S/C13H21N3/c1-12(2,3)10-4-5-11(15-8-10)16-13(9-14)6-7-13/h4-5,8H,6-7,9,14H2,1-3H3,(H,15,16). The molecule has 1 aromatic rings. The van der Waals surface area contributed by atoms with Gasteiger partial charge in [0.25, 0.3) is 0 Å². The quantitative estimate of drug-likeness (QED) is 0.820. The zero-order chi connectivity index (χ0) is 11.8. The third kappa shape index (κ3) is 2.35. The minimum atomic E-state index is 0.135. The van der Waals surface area contributed by atoms with Crippen molar-refractivity contribution in [2.45, 2.75) is 44.6 Å². The first-order valence-corrected chi connectivity index (χ1v) is 5.90. The van der Waals surface area contributed by atoms with Crippen molar-refractivity contribution >= 4 is 5.82 Å². The van der Waals surface area contributed by atoms with Crippen LogP contribution in [0.25, 0.3) is 0 Å². The Morgan fingerprint density at radius 2 is 2.06 bits per heavy atom. The zero-order valence-electron chi connectivity index (χ0n) is 10.4. The zero-order valence-corrected chi connectivity index (χ0v) is 10.4. The Labute approximate surface area is 97.5 Å². The van der Waals surface area contributed by atoms with Crippen LogP contribution < -0.4 is 11.1 Å². The van der Waals surface area contributed by atoms with Crippen molar-refractivity contribution in [2.24, 2.45) is 5.73 Å². The molecule has 1 aliphatic rings. The lowest BCUT2D eigenvalue weighted by Crippen LogP contribution is -2.31. The van der Waals surface area contributed by atoms with Crippen LogP contribution in [0.5, 0.6) is 0 Å². The normalized spacial score (nSPS) is 18.2. The van der Waals surface area contributed by atoms with E-state index in [1.165, 1.54) is 5.56 Å². The Kier molecular flexibility index (Phi) is 2.66. The summed E-state index contributed by atoms with van der Waals surface area (Å²) in [7, 11) is 0. The van der Waals surface area contributed by atoms with Gasteiger partial charge in [-0.3, -0.25) is 0 Å². The second kappa shape index (κ2) is 3.74. The monoisotopic (exact) mass is 219 g/mol. The van der Waals surface area contributed by atoms with Crippen molar-refractivity contribution in [1.82, 2.24) is 4.98 Å². The van der Waals surface area contributed by atoms with Crippen molar-refractivity contribution in [3.63, 3.8) is 0 Å². The summed E-state index contributed by atoms with van der Waals surface area (Å²) < 4.78 is 0. The summed E-state index contributed by atoms with van der Waals surface area (Å²) in [6, 6.07) is 4.19. The molecule has 0 spiro atoms. The van der Waals surface area contributed by atoms with Crippen LogP contribution in [0, 0.1) is 0 Å². The largest absolute Gasteiger partial charge is 0.363 e. The number of rotatable bonds is 3. The predicted octanol–water partition coefficient (Wildman–Crippen LogP) is 2.28. The molecule has 0 aromatic carbocycles. The second-order valence-electron chi connectivity index (χ2n) is 5.79. The molecule has 0 bridgehead atoms. The molecule has 0 unspecified atom stereocenters. The summed E-state index contributed by atoms with van der Waals surface area (Å²) in [4.78, 5) is 4.45.